The molecule has 8 heteroatoms. The van der Waals surface area contributed by atoms with Gasteiger partial charge < -0.3 is 15.2 Å². The van der Waals surface area contributed by atoms with Crippen molar-refractivity contribution in [2.75, 3.05) is 16.0 Å². The molecule has 3 rings (SSSR count). The molecule has 8 nitrogen and oxygen atoms in total. The molecule has 3 N–H and O–H groups in total. The van der Waals surface area contributed by atoms with E-state index in [0.717, 1.165) is 44.2 Å². The molecule has 3 amide bonds. The molecule has 0 atom stereocenters. The molecule has 2 aromatic carbocycles. The third-order valence-electron chi connectivity index (χ3n) is 5.85. The van der Waals surface area contributed by atoms with Crippen LogP contribution in [0.2, 0.25) is 0 Å². The molecule has 3 aromatic rings. The van der Waals surface area contributed by atoms with Crippen molar-refractivity contribution in [1.29, 1.82) is 5.26 Å². The smallest absolute Gasteiger partial charge is 0.326 e. The number of nitrogens with zero attached hydrogens (tertiary/aromatic N) is 3. The third-order valence-corrected chi connectivity index (χ3v) is 5.85. The first kappa shape index (κ1) is 24.8. The number of imidazole rings is 1. The minimum absolute atomic E-state index is 0.00636. The van der Waals surface area contributed by atoms with E-state index in [-0.39, 0.29) is 11.8 Å². The minimum atomic E-state index is -0.418. The van der Waals surface area contributed by atoms with Crippen molar-refractivity contribution in [1.82, 2.24) is 9.55 Å². The summed E-state index contributed by atoms with van der Waals surface area (Å²) in [5, 5.41) is 17.5. The molecule has 0 radical (unpaired) electrons. The highest BCUT2D eigenvalue weighted by Gasteiger charge is 2.17. The second kappa shape index (κ2) is 11.8. The summed E-state index contributed by atoms with van der Waals surface area (Å²) in [6.07, 6.45) is 4.69. The molecule has 0 fully saturated rings. The molecule has 0 aliphatic heterocycles. The van der Waals surface area contributed by atoms with Crippen LogP contribution < -0.4 is 16.0 Å². The first-order valence-corrected chi connectivity index (χ1v) is 11.9. The zero-order valence-corrected chi connectivity index (χ0v) is 20.0. The van der Waals surface area contributed by atoms with Crippen LogP contribution in [-0.2, 0) is 11.3 Å². The van der Waals surface area contributed by atoms with Crippen molar-refractivity contribution in [3.05, 3.63) is 48.0 Å². The summed E-state index contributed by atoms with van der Waals surface area (Å²) in [7, 11) is 0. The molecular formula is C26H32N6O2. The van der Waals surface area contributed by atoms with Gasteiger partial charge in [0.25, 0.3) is 0 Å². The first-order valence-electron chi connectivity index (χ1n) is 11.9. The maximum Gasteiger partial charge on any atom is 0.326 e. The van der Waals surface area contributed by atoms with E-state index in [1.54, 1.807) is 24.3 Å². The van der Waals surface area contributed by atoms with Gasteiger partial charge in [0.2, 0.25) is 11.9 Å². The van der Waals surface area contributed by atoms with E-state index in [2.05, 4.69) is 33.9 Å². The Morgan fingerprint density at radius 1 is 0.971 bits per heavy atom. The number of hydrogen-bond acceptors (Lipinski definition) is 4. The summed E-state index contributed by atoms with van der Waals surface area (Å²) in [6.45, 7) is 6.88. The summed E-state index contributed by atoms with van der Waals surface area (Å²) < 4.78 is 2.00. The van der Waals surface area contributed by atoms with Gasteiger partial charge in [-0.25, -0.2) is 9.78 Å². The minimum Gasteiger partial charge on any atom is -0.326 e. The summed E-state index contributed by atoms with van der Waals surface area (Å²) in [4.78, 5) is 29.8. The summed E-state index contributed by atoms with van der Waals surface area (Å²) in [6, 6.07) is 13.9. The number of anilines is 3. The van der Waals surface area contributed by atoms with Gasteiger partial charge in [0.05, 0.1) is 22.7 Å². The van der Waals surface area contributed by atoms with Crippen molar-refractivity contribution < 1.29 is 9.59 Å². The van der Waals surface area contributed by atoms with Crippen LogP contribution in [-0.4, -0.2) is 21.5 Å². The Morgan fingerprint density at radius 3 is 2.32 bits per heavy atom. The number of unbranched alkanes of at least 4 members (excludes halogenated alkanes) is 2. The second-order valence-corrected chi connectivity index (χ2v) is 8.27. The Morgan fingerprint density at radius 2 is 1.68 bits per heavy atom. The lowest BCUT2D eigenvalue weighted by Crippen LogP contribution is -2.22. The van der Waals surface area contributed by atoms with Crippen LogP contribution >= 0.6 is 0 Å². The average molecular weight is 461 g/mol. The molecule has 1 aromatic heterocycles. The zero-order chi connectivity index (χ0) is 24.5. The SMILES string of the molecule is CCCCCn1c(NC(=O)Nc2ccc(C#N)cc2)nc2cc(NC(=O)C(CC)CC)ccc21. The van der Waals surface area contributed by atoms with E-state index in [1.807, 2.05) is 36.6 Å². The largest absolute Gasteiger partial charge is 0.326 e. The normalized spacial score (nSPS) is 10.8. The summed E-state index contributed by atoms with van der Waals surface area (Å²) in [5.74, 6) is 0.429. The lowest BCUT2D eigenvalue weighted by molar-refractivity contribution is -0.120. The molecule has 0 saturated carbocycles. The Labute approximate surface area is 200 Å². The van der Waals surface area contributed by atoms with Crippen molar-refractivity contribution in [2.24, 2.45) is 5.92 Å². The number of fused-ring (bicyclic) bond motifs is 1. The monoisotopic (exact) mass is 460 g/mol. The van der Waals surface area contributed by atoms with Crippen LogP contribution in [0.15, 0.2) is 42.5 Å². The summed E-state index contributed by atoms with van der Waals surface area (Å²) in [5.41, 5.74) is 3.39. The van der Waals surface area contributed by atoms with Gasteiger partial charge >= 0.3 is 6.03 Å². The van der Waals surface area contributed by atoms with Gasteiger partial charge in [-0.3, -0.25) is 10.1 Å². The standard InChI is InChI=1S/C26H32N6O2/c1-4-7-8-15-32-23-14-13-21(28-24(33)19(5-2)6-3)16-22(23)30-25(32)31-26(34)29-20-11-9-18(17-27)10-12-20/h9-14,16,19H,4-8,15H2,1-3H3,(H,28,33)(H2,29,30,31,34). The van der Waals surface area contributed by atoms with Crippen molar-refractivity contribution in [2.45, 2.75) is 59.4 Å². The fraction of sp³-hybridized carbons (Fsp3) is 0.385. The molecule has 1 heterocycles. The van der Waals surface area contributed by atoms with Gasteiger partial charge in [-0.2, -0.15) is 5.26 Å². The highest BCUT2D eigenvalue weighted by Crippen LogP contribution is 2.25. The predicted octanol–water partition coefficient (Wildman–Crippen LogP) is 6.12. The van der Waals surface area contributed by atoms with Crippen LogP contribution in [0, 0.1) is 17.2 Å². The van der Waals surface area contributed by atoms with Gasteiger partial charge in [0.15, 0.2) is 0 Å². The number of urea groups is 1. The molecule has 0 saturated heterocycles. The molecule has 178 valence electrons. The fourth-order valence-electron chi connectivity index (χ4n) is 3.85. The van der Waals surface area contributed by atoms with Crippen molar-refractivity contribution in [3.8, 4) is 6.07 Å². The van der Waals surface area contributed by atoms with E-state index in [4.69, 9.17) is 5.26 Å². The number of hydrogen-bond donors (Lipinski definition) is 3. The van der Waals surface area contributed by atoms with Crippen molar-refractivity contribution >= 4 is 40.3 Å². The Balaban J connectivity index is 1.82. The molecular weight excluding hydrogens is 428 g/mol. The highest BCUT2D eigenvalue weighted by molar-refractivity contribution is 6.00. The number of nitriles is 1. The van der Waals surface area contributed by atoms with Gasteiger partial charge in [0, 0.05) is 23.8 Å². The van der Waals surface area contributed by atoms with E-state index in [1.165, 1.54) is 0 Å². The van der Waals surface area contributed by atoms with Gasteiger partial charge in [-0.05, 0) is 61.7 Å². The zero-order valence-electron chi connectivity index (χ0n) is 20.0. The number of aryl methyl sites for hydroxylation is 1. The van der Waals surface area contributed by atoms with E-state index in [9.17, 15) is 9.59 Å². The van der Waals surface area contributed by atoms with Gasteiger partial charge in [-0.1, -0.05) is 33.6 Å². The number of nitrogens with one attached hydrogen (secondary N) is 3. The molecule has 0 spiro atoms. The Hall–Kier alpha value is -3.86. The fourth-order valence-corrected chi connectivity index (χ4v) is 3.85. The van der Waals surface area contributed by atoms with Crippen LogP contribution in [0.5, 0.6) is 0 Å². The molecule has 0 aliphatic rings. The molecule has 0 unspecified atom stereocenters. The predicted molar refractivity (Wildman–Crippen MR) is 136 cm³/mol. The average Bonchev–Trinajstić information content (AvgIpc) is 3.16. The van der Waals surface area contributed by atoms with Crippen LogP contribution in [0.1, 0.15) is 58.4 Å². The summed E-state index contributed by atoms with van der Waals surface area (Å²) >= 11 is 0. The second-order valence-electron chi connectivity index (χ2n) is 8.27. The van der Waals surface area contributed by atoms with Crippen LogP contribution in [0.3, 0.4) is 0 Å². The Bertz CT molecular complexity index is 1170. The number of carbonyl (C=O) groups is 2. The van der Waals surface area contributed by atoms with Gasteiger partial charge in [-0.15, -0.1) is 0 Å². The molecule has 34 heavy (non-hydrogen) atoms. The number of carbonyl (C=O) groups excluding carboxylic acids is 2. The van der Waals surface area contributed by atoms with Gasteiger partial charge in [0.1, 0.15) is 0 Å². The number of benzene rings is 2. The number of aromatic nitrogens is 2. The topological polar surface area (TPSA) is 112 Å². The van der Waals surface area contributed by atoms with E-state index in [0.29, 0.717) is 28.4 Å². The maximum atomic E-state index is 12.7. The van der Waals surface area contributed by atoms with E-state index >= 15 is 0 Å². The lowest BCUT2D eigenvalue weighted by atomic mass is 10.0. The van der Waals surface area contributed by atoms with Crippen LogP contribution in [0.25, 0.3) is 11.0 Å². The van der Waals surface area contributed by atoms with Crippen molar-refractivity contribution in [3.63, 3.8) is 0 Å². The quantitative estimate of drug-likeness (QED) is 0.317. The maximum absolute atomic E-state index is 12.7. The first-order chi connectivity index (χ1) is 16.5. The Kier molecular flexibility index (Phi) is 8.63. The number of amides is 3. The number of rotatable bonds is 10. The lowest BCUT2D eigenvalue weighted by Gasteiger charge is -2.13. The highest BCUT2D eigenvalue weighted by atomic mass is 16.2. The molecule has 0 aliphatic carbocycles. The van der Waals surface area contributed by atoms with E-state index < -0.39 is 6.03 Å². The van der Waals surface area contributed by atoms with Crippen LogP contribution in [0.4, 0.5) is 22.1 Å². The molecule has 0 bridgehead atoms. The third kappa shape index (κ3) is 6.13.